The third-order valence-electron chi connectivity index (χ3n) is 7.56. The summed E-state index contributed by atoms with van der Waals surface area (Å²) in [6.45, 7) is 6.29. The Balaban J connectivity index is 1.51. The molecule has 0 saturated heterocycles. The van der Waals surface area contributed by atoms with Crippen LogP contribution >= 0.6 is 0 Å². The summed E-state index contributed by atoms with van der Waals surface area (Å²) in [5.41, 5.74) is 3.19. The highest BCUT2D eigenvalue weighted by atomic mass is 16.5. The highest BCUT2D eigenvalue weighted by molar-refractivity contribution is 5.90. The van der Waals surface area contributed by atoms with Gasteiger partial charge in [0, 0.05) is 36.7 Å². The predicted molar refractivity (Wildman–Crippen MR) is 168 cm³/mol. The fourth-order valence-corrected chi connectivity index (χ4v) is 4.90. The third kappa shape index (κ3) is 9.13. The molecule has 1 aliphatic heterocycles. The maximum absolute atomic E-state index is 14.2. The molecule has 3 amide bonds. The van der Waals surface area contributed by atoms with Crippen LogP contribution in [0.15, 0.2) is 108 Å². The van der Waals surface area contributed by atoms with Crippen LogP contribution in [-0.4, -0.2) is 48.2 Å². The molecule has 2 unspecified atom stereocenters. The van der Waals surface area contributed by atoms with Gasteiger partial charge in [0.15, 0.2) is 0 Å². The SMILES string of the molecule is CC(c1ccccc1)N(CC(=O)NCC(C)(C)c1ccccc1)C(=O)C(CC1=CCC=N1)NC(=O)OCc1ccccc1. The molecule has 0 spiro atoms. The number of allylic oxidation sites excluding steroid dienone is 1. The van der Waals surface area contributed by atoms with E-state index in [0.29, 0.717) is 18.7 Å². The number of carbonyl (C=O) groups excluding carboxylic acids is 3. The van der Waals surface area contributed by atoms with Crippen molar-refractivity contribution in [3.8, 4) is 0 Å². The van der Waals surface area contributed by atoms with Crippen LogP contribution in [0.3, 0.4) is 0 Å². The van der Waals surface area contributed by atoms with Gasteiger partial charge < -0.3 is 20.3 Å². The number of ether oxygens (including phenoxy) is 1. The quantitative estimate of drug-likeness (QED) is 0.270. The minimum atomic E-state index is -0.982. The molecule has 2 atom stereocenters. The Hall–Kier alpha value is -4.72. The molecule has 0 fully saturated rings. The van der Waals surface area contributed by atoms with Gasteiger partial charge >= 0.3 is 6.09 Å². The standard InChI is InChI=1S/C35H40N4O4/c1-26(28-16-9-5-10-17-28)39(23-32(40)37-25-35(2,3)29-18-11-6-12-19-29)33(41)31(22-30-20-13-21-36-30)38-34(42)43-24-27-14-7-4-8-15-27/h4-12,14-21,26,31H,13,22-25H2,1-3H3,(H,37,40)(H,38,42). The topological polar surface area (TPSA) is 100 Å². The van der Waals surface area contributed by atoms with Crippen molar-refractivity contribution in [2.45, 2.75) is 57.7 Å². The molecular weight excluding hydrogens is 540 g/mol. The molecule has 8 heteroatoms. The normalized spacial score (nSPS) is 13.9. The predicted octanol–water partition coefficient (Wildman–Crippen LogP) is 5.71. The second-order valence-electron chi connectivity index (χ2n) is 11.3. The third-order valence-corrected chi connectivity index (χ3v) is 7.56. The summed E-state index contributed by atoms with van der Waals surface area (Å²) in [7, 11) is 0. The van der Waals surface area contributed by atoms with Crippen LogP contribution in [0.1, 0.15) is 56.3 Å². The number of hydrogen-bond acceptors (Lipinski definition) is 5. The molecular formula is C35H40N4O4. The zero-order chi connectivity index (χ0) is 30.7. The van der Waals surface area contributed by atoms with E-state index in [0.717, 1.165) is 16.7 Å². The molecule has 43 heavy (non-hydrogen) atoms. The Morgan fingerprint density at radius 2 is 1.56 bits per heavy atom. The molecule has 0 aromatic heterocycles. The largest absolute Gasteiger partial charge is 0.445 e. The summed E-state index contributed by atoms with van der Waals surface area (Å²) in [4.78, 5) is 46.4. The molecule has 1 heterocycles. The summed E-state index contributed by atoms with van der Waals surface area (Å²) >= 11 is 0. The van der Waals surface area contributed by atoms with Gasteiger partial charge in [-0.2, -0.15) is 0 Å². The van der Waals surface area contributed by atoms with Crippen molar-refractivity contribution in [1.82, 2.24) is 15.5 Å². The summed E-state index contributed by atoms with van der Waals surface area (Å²) in [6.07, 6.45) is 3.80. The highest BCUT2D eigenvalue weighted by Gasteiger charge is 2.33. The minimum absolute atomic E-state index is 0.0676. The second-order valence-corrected chi connectivity index (χ2v) is 11.3. The number of nitrogens with one attached hydrogen (secondary N) is 2. The molecule has 0 bridgehead atoms. The van der Waals surface area contributed by atoms with Gasteiger partial charge in [-0.05, 0) is 23.6 Å². The Morgan fingerprint density at radius 3 is 2.19 bits per heavy atom. The van der Waals surface area contributed by atoms with Gasteiger partial charge in [0.2, 0.25) is 11.8 Å². The van der Waals surface area contributed by atoms with Crippen LogP contribution in [0, 0.1) is 0 Å². The molecule has 0 aliphatic carbocycles. The molecule has 1 aliphatic rings. The van der Waals surface area contributed by atoms with E-state index in [1.807, 2.05) is 104 Å². The number of nitrogens with zero attached hydrogens (tertiary/aromatic N) is 2. The number of aliphatic imine (C=N–C) groups is 1. The molecule has 3 aromatic carbocycles. The lowest BCUT2D eigenvalue weighted by atomic mass is 9.84. The number of rotatable bonds is 13. The van der Waals surface area contributed by atoms with Gasteiger partial charge in [-0.15, -0.1) is 0 Å². The lowest BCUT2D eigenvalue weighted by Gasteiger charge is -2.33. The monoisotopic (exact) mass is 580 g/mol. The van der Waals surface area contributed by atoms with E-state index in [9.17, 15) is 14.4 Å². The van der Waals surface area contributed by atoms with E-state index in [-0.39, 0.29) is 30.9 Å². The van der Waals surface area contributed by atoms with Gasteiger partial charge in [-0.1, -0.05) is 111 Å². The summed E-state index contributed by atoms with van der Waals surface area (Å²) in [6, 6.07) is 27.4. The van der Waals surface area contributed by atoms with Gasteiger partial charge in [0.05, 0.1) is 6.04 Å². The van der Waals surface area contributed by atoms with E-state index in [4.69, 9.17) is 4.74 Å². The first-order valence-corrected chi connectivity index (χ1v) is 14.6. The van der Waals surface area contributed by atoms with Crippen LogP contribution in [0.5, 0.6) is 0 Å². The fraction of sp³-hybridized carbons (Fsp3) is 0.314. The molecule has 8 nitrogen and oxygen atoms in total. The van der Waals surface area contributed by atoms with Gasteiger partial charge in [0.25, 0.3) is 0 Å². The second kappa shape index (κ2) is 15.0. The average Bonchev–Trinajstić information content (AvgIpc) is 3.55. The Labute approximate surface area is 253 Å². The van der Waals surface area contributed by atoms with Crippen molar-refractivity contribution in [3.05, 3.63) is 119 Å². The number of carbonyl (C=O) groups is 3. The Morgan fingerprint density at radius 1 is 0.930 bits per heavy atom. The summed E-state index contributed by atoms with van der Waals surface area (Å²) < 4.78 is 5.44. The smallest absolute Gasteiger partial charge is 0.408 e. The van der Waals surface area contributed by atoms with Crippen molar-refractivity contribution in [2.24, 2.45) is 4.99 Å². The van der Waals surface area contributed by atoms with Crippen molar-refractivity contribution in [3.63, 3.8) is 0 Å². The first-order chi connectivity index (χ1) is 20.7. The van der Waals surface area contributed by atoms with Crippen LogP contribution in [0.4, 0.5) is 4.79 Å². The molecule has 0 radical (unpaired) electrons. The van der Waals surface area contributed by atoms with Crippen LogP contribution in [0.25, 0.3) is 0 Å². The van der Waals surface area contributed by atoms with Crippen molar-refractivity contribution in [1.29, 1.82) is 0 Å². The van der Waals surface area contributed by atoms with Crippen molar-refractivity contribution >= 4 is 24.1 Å². The van der Waals surface area contributed by atoms with E-state index >= 15 is 0 Å². The maximum atomic E-state index is 14.2. The van der Waals surface area contributed by atoms with E-state index in [1.165, 1.54) is 4.90 Å². The van der Waals surface area contributed by atoms with Crippen LogP contribution in [-0.2, 0) is 26.3 Å². The van der Waals surface area contributed by atoms with E-state index < -0.39 is 24.1 Å². The molecule has 4 rings (SSSR count). The zero-order valence-electron chi connectivity index (χ0n) is 25.0. The minimum Gasteiger partial charge on any atom is -0.445 e. The van der Waals surface area contributed by atoms with Crippen molar-refractivity contribution in [2.75, 3.05) is 13.1 Å². The summed E-state index contributed by atoms with van der Waals surface area (Å²) in [5.74, 6) is -0.683. The van der Waals surface area contributed by atoms with E-state index in [1.54, 1.807) is 6.21 Å². The molecule has 0 saturated carbocycles. The van der Waals surface area contributed by atoms with Gasteiger partial charge in [-0.25, -0.2) is 4.79 Å². The molecule has 2 N–H and O–H groups in total. The molecule has 224 valence electrons. The van der Waals surface area contributed by atoms with Gasteiger partial charge in [0.1, 0.15) is 19.2 Å². The lowest BCUT2D eigenvalue weighted by Crippen LogP contribution is -2.52. The Bertz CT molecular complexity index is 1420. The first kappa shape index (κ1) is 31.2. The summed E-state index contributed by atoms with van der Waals surface area (Å²) in [5, 5.41) is 5.78. The Kier molecular flexibility index (Phi) is 10.9. The van der Waals surface area contributed by atoms with Gasteiger partial charge in [-0.3, -0.25) is 14.6 Å². The number of amides is 3. The zero-order valence-corrected chi connectivity index (χ0v) is 25.0. The highest BCUT2D eigenvalue weighted by Crippen LogP contribution is 2.24. The van der Waals surface area contributed by atoms with Crippen LogP contribution in [0.2, 0.25) is 0 Å². The fourth-order valence-electron chi connectivity index (χ4n) is 4.90. The first-order valence-electron chi connectivity index (χ1n) is 14.6. The number of benzene rings is 3. The maximum Gasteiger partial charge on any atom is 0.408 e. The van der Waals surface area contributed by atoms with Crippen LogP contribution < -0.4 is 10.6 Å². The number of hydrogen-bond donors (Lipinski definition) is 2. The number of alkyl carbamates (subject to hydrolysis) is 1. The van der Waals surface area contributed by atoms with E-state index in [2.05, 4.69) is 29.5 Å². The average molecular weight is 581 g/mol. The van der Waals surface area contributed by atoms with Crippen molar-refractivity contribution < 1.29 is 19.1 Å². The lowest BCUT2D eigenvalue weighted by molar-refractivity contribution is -0.140. The molecule has 3 aromatic rings.